The van der Waals surface area contributed by atoms with E-state index < -0.39 is 0 Å². The maximum absolute atomic E-state index is 13.2. The molecule has 1 aromatic heterocycles. The first kappa shape index (κ1) is 14.3. The average molecular weight is 326 g/mol. The Hall–Kier alpha value is -1.13. The molecule has 4 heteroatoms. The van der Waals surface area contributed by atoms with Crippen molar-refractivity contribution in [1.82, 2.24) is 5.32 Å². The predicted octanol–water partition coefficient (Wildman–Crippen LogP) is 4.91. The first-order valence-corrected chi connectivity index (χ1v) is 7.19. The molecule has 0 spiro atoms. The van der Waals surface area contributed by atoms with Crippen molar-refractivity contribution in [2.75, 3.05) is 6.54 Å². The second kappa shape index (κ2) is 6.35. The monoisotopic (exact) mass is 325 g/mol. The van der Waals surface area contributed by atoms with Gasteiger partial charge in [-0.2, -0.15) is 0 Å². The van der Waals surface area contributed by atoms with Crippen molar-refractivity contribution < 1.29 is 8.81 Å². The lowest BCUT2D eigenvalue weighted by molar-refractivity contribution is 0.438. The minimum Gasteiger partial charge on any atom is -0.459 e. The Labute approximate surface area is 121 Å². The third-order valence-electron chi connectivity index (χ3n) is 2.96. The van der Waals surface area contributed by atoms with Crippen LogP contribution in [-0.4, -0.2) is 6.54 Å². The highest BCUT2D eigenvalue weighted by Crippen LogP contribution is 2.28. The summed E-state index contributed by atoms with van der Waals surface area (Å²) in [4.78, 5) is 0. The summed E-state index contributed by atoms with van der Waals surface area (Å²) in [6, 6.07) is 8.92. The van der Waals surface area contributed by atoms with Crippen LogP contribution in [-0.2, 0) is 0 Å². The van der Waals surface area contributed by atoms with Crippen molar-refractivity contribution >= 4 is 15.9 Å². The fraction of sp³-hybridized carbons (Fsp3) is 0.333. The van der Waals surface area contributed by atoms with Gasteiger partial charge in [-0.15, -0.1) is 0 Å². The van der Waals surface area contributed by atoms with Crippen LogP contribution in [0, 0.1) is 5.82 Å². The molecule has 0 fully saturated rings. The number of nitrogens with one attached hydrogen (secondary N) is 1. The van der Waals surface area contributed by atoms with Gasteiger partial charge in [0, 0.05) is 5.56 Å². The van der Waals surface area contributed by atoms with Crippen molar-refractivity contribution in [2.45, 2.75) is 26.3 Å². The fourth-order valence-corrected chi connectivity index (χ4v) is 2.23. The summed E-state index contributed by atoms with van der Waals surface area (Å²) in [5.74, 6) is 1.37. The van der Waals surface area contributed by atoms with E-state index in [9.17, 15) is 4.39 Å². The maximum atomic E-state index is 13.2. The van der Waals surface area contributed by atoms with E-state index in [1.165, 1.54) is 6.07 Å². The number of hydrogen-bond donors (Lipinski definition) is 1. The zero-order chi connectivity index (χ0) is 13.8. The quantitative estimate of drug-likeness (QED) is 0.845. The molecule has 2 aromatic rings. The number of rotatable bonds is 5. The smallest absolute Gasteiger partial charge is 0.137 e. The number of hydrogen-bond acceptors (Lipinski definition) is 2. The lowest BCUT2D eigenvalue weighted by atomic mass is 10.2. The first-order valence-electron chi connectivity index (χ1n) is 6.40. The van der Waals surface area contributed by atoms with Gasteiger partial charge in [-0.05, 0) is 66.2 Å². The highest BCUT2D eigenvalue weighted by atomic mass is 79.9. The predicted molar refractivity (Wildman–Crippen MR) is 78.5 cm³/mol. The van der Waals surface area contributed by atoms with Crippen LogP contribution in [0.15, 0.2) is 39.2 Å². The number of halogens is 2. The third-order valence-corrected chi connectivity index (χ3v) is 3.57. The molecule has 0 amide bonds. The van der Waals surface area contributed by atoms with Crippen LogP contribution in [0.3, 0.4) is 0 Å². The molecule has 0 aliphatic heterocycles. The van der Waals surface area contributed by atoms with Crippen LogP contribution in [0.5, 0.6) is 0 Å². The second-order valence-corrected chi connectivity index (χ2v) is 5.36. The minimum absolute atomic E-state index is 0.178. The molecule has 1 N–H and O–H groups in total. The van der Waals surface area contributed by atoms with E-state index in [0.717, 1.165) is 30.0 Å². The van der Waals surface area contributed by atoms with Crippen LogP contribution in [0.25, 0.3) is 11.3 Å². The van der Waals surface area contributed by atoms with Crippen LogP contribution in [0.1, 0.15) is 32.1 Å². The molecule has 102 valence electrons. The van der Waals surface area contributed by atoms with Crippen molar-refractivity contribution in [2.24, 2.45) is 0 Å². The normalized spacial score (nSPS) is 12.6. The largest absolute Gasteiger partial charge is 0.459 e. The fourth-order valence-electron chi connectivity index (χ4n) is 1.85. The van der Waals surface area contributed by atoms with E-state index >= 15 is 0 Å². The van der Waals surface area contributed by atoms with Gasteiger partial charge in [-0.1, -0.05) is 6.92 Å². The first-order chi connectivity index (χ1) is 9.11. The highest BCUT2D eigenvalue weighted by molar-refractivity contribution is 9.10. The molecule has 1 heterocycles. The van der Waals surface area contributed by atoms with Crippen LogP contribution in [0.2, 0.25) is 0 Å². The average Bonchev–Trinajstić information content (AvgIpc) is 2.89. The Balaban J connectivity index is 2.18. The van der Waals surface area contributed by atoms with Crippen molar-refractivity contribution in [1.29, 1.82) is 0 Å². The standard InChI is InChI=1S/C15H17BrFNO/c1-3-8-18-10(2)14-6-7-15(19-14)11-4-5-13(17)12(16)9-11/h4-7,9-10,18H,3,8H2,1-2H3. The molecule has 0 saturated carbocycles. The van der Waals surface area contributed by atoms with Crippen LogP contribution in [0.4, 0.5) is 4.39 Å². The van der Waals surface area contributed by atoms with E-state index in [-0.39, 0.29) is 11.9 Å². The van der Waals surface area contributed by atoms with Crippen molar-refractivity contribution in [3.05, 3.63) is 46.4 Å². The SMILES string of the molecule is CCCNC(C)c1ccc(-c2ccc(F)c(Br)c2)o1. The topological polar surface area (TPSA) is 25.2 Å². The van der Waals surface area contributed by atoms with Gasteiger partial charge in [0.05, 0.1) is 10.5 Å². The molecule has 19 heavy (non-hydrogen) atoms. The Morgan fingerprint density at radius 1 is 1.32 bits per heavy atom. The summed E-state index contributed by atoms with van der Waals surface area (Å²) in [7, 11) is 0. The Bertz CT molecular complexity index is 553. The van der Waals surface area contributed by atoms with Gasteiger partial charge in [0.15, 0.2) is 0 Å². The molecule has 1 atom stereocenters. The van der Waals surface area contributed by atoms with Gasteiger partial charge < -0.3 is 9.73 Å². The summed E-state index contributed by atoms with van der Waals surface area (Å²) in [5, 5.41) is 3.37. The number of furan rings is 1. The van der Waals surface area contributed by atoms with E-state index in [2.05, 4.69) is 35.1 Å². The second-order valence-electron chi connectivity index (χ2n) is 4.51. The summed E-state index contributed by atoms with van der Waals surface area (Å²) in [5.41, 5.74) is 0.863. The minimum atomic E-state index is -0.270. The van der Waals surface area contributed by atoms with Crippen LogP contribution < -0.4 is 5.32 Å². The Morgan fingerprint density at radius 3 is 2.79 bits per heavy atom. The van der Waals surface area contributed by atoms with Crippen LogP contribution >= 0.6 is 15.9 Å². The molecule has 0 aliphatic carbocycles. The van der Waals surface area contributed by atoms with Crippen molar-refractivity contribution in [3.8, 4) is 11.3 Å². The van der Waals surface area contributed by atoms with Gasteiger partial charge in [0.2, 0.25) is 0 Å². The van der Waals surface area contributed by atoms with E-state index in [0.29, 0.717) is 4.47 Å². The Kier molecular flexibility index (Phi) is 4.77. The van der Waals surface area contributed by atoms with E-state index in [4.69, 9.17) is 4.42 Å². The molecule has 1 aromatic carbocycles. The maximum Gasteiger partial charge on any atom is 0.137 e. The molecule has 0 aliphatic rings. The molecule has 0 saturated heterocycles. The van der Waals surface area contributed by atoms with E-state index in [1.807, 2.05) is 12.1 Å². The van der Waals surface area contributed by atoms with E-state index in [1.54, 1.807) is 12.1 Å². The zero-order valence-corrected chi connectivity index (χ0v) is 12.6. The van der Waals surface area contributed by atoms with Gasteiger partial charge in [-0.25, -0.2) is 4.39 Å². The lowest BCUT2D eigenvalue weighted by Crippen LogP contribution is -2.18. The number of benzene rings is 1. The van der Waals surface area contributed by atoms with Crippen molar-refractivity contribution in [3.63, 3.8) is 0 Å². The summed E-state index contributed by atoms with van der Waals surface area (Å²) >= 11 is 3.18. The summed E-state index contributed by atoms with van der Waals surface area (Å²) < 4.78 is 19.5. The van der Waals surface area contributed by atoms with Gasteiger partial charge >= 0.3 is 0 Å². The van der Waals surface area contributed by atoms with Gasteiger partial charge in [0.1, 0.15) is 17.3 Å². The molecule has 0 bridgehead atoms. The molecule has 2 rings (SSSR count). The zero-order valence-electron chi connectivity index (χ0n) is 11.0. The highest BCUT2D eigenvalue weighted by Gasteiger charge is 2.11. The van der Waals surface area contributed by atoms with Gasteiger partial charge in [-0.3, -0.25) is 0 Å². The molecule has 2 nitrogen and oxygen atoms in total. The Morgan fingerprint density at radius 2 is 2.11 bits per heavy atom. The summed E-state index contributed by atoms with van der Waals surface area (Å²) in [6.07, 6.45) is 1.09. The molecule has 1 unspecified atom stereocenters. The van der Waals surface area contributed by atoms with Gasteiger partial charge in [0.25, 0.3) is 0 Å². The molecule has 0 radical (unpaired) electrons. The molecular formula is C15H17BrFNO. The molecular weight excluding hydrogens is 309 g/mol. The lowest BCUT2D eigenvalue weighted by Gasteiger charge is -2.09. The summed E-state index contributed by atoms with van der Waals surface area (Å²) in [6.45, 7) is 5.15. The third kappa shape index (κ3) is 3.45.